The van der Waals surface area contributed by atoms with Gasteiger partial charge in [0.1, 0.15) is 6.10 Å². The first kappa shape index (κ1) is 19.2. The van der Waals surface area contributed by atoms with Crippen LogP contribution in [0.1, 0.15) is 31.2 Å². The largest absolute Gasteiger partial charge is 0.467 e. The number of hydrogen-bond acceptors (Lipinski definition) is 5. The van der Waals surface area contributed by atoms with Crippen LogP contribution < -0.4 is 4.74 Å². The molecule has 0 unspecified atom stereocenters. The highest BCUT2D eigenvalue weighted by Gasteiger charge is 2.29. The van der Waals surface area contributed by atoms with E-state index < -0.39 is 0 Å². The normalized spacial score (nSPS) is 19.9. The third-order valence-electron chi connectivity index (χ3n) is 5.66. The number of rotatable bonds is 5. The van der Waals surface area contributed by atoms with Crippen LogP contribution in [-0.4, -0.2) is 59.0 Å². The van der Waals surface area contributed by atoms with E-state index in [1.54, 1.807) is 23.6 Å². The lowest BCUT2D eigenvalue weighted by Gasteiger charge is -2.41. The molecule has 0 spiro atoms. The van der Waals surface area contributed by atoms with E-state index in [-0.39, 0.29) is 12.0 Å². The second-order valence-electron chi connectivity index (χ2n) is 7.45. The van der Waals surface area contributed by atoms with Gasteiger partial charge in [-0.15, -0.1) is 0 Å². The first-order chi connectivity index (χ1) is 13.8. The zero-order valence-corrected chi connectivity index (χ0v) is 16.9. The zero-order chi connectivity index (χ0) is 19.2. The van der Waals surface area contributed by atoms with Gasteiger partial charge in [0.15, 0.2) is 0 Å². The van der Waals surface area contributed by atoms with Crippen molar-refractivity contribution in [3.63, 3.8) is 0 Å². The molecule has 0 saturated carbocycles. The molecule has 0 aliphatic carbocycles. The topological polar surface area (TPSA) is 45.7 Å². The second-order valence-corrected chi connectivity index (χ2v) is 8.31. The van der Waals surface area contributed by atoms with Gasteiger partial charge in [-0.05, 0) is 37.3 Å². The molecule has 2 fully saturated rings. The second kappa shape index (κ2) is 9.34. The van der Waals surface area contributed by atoms with Crippen LogP contribution in [0.4, 0.5) is 0 Å². The van der Waals surface area contributed by atoms with Gasteiger partial charge in [-0.1, -0.05) is 41.7 Å². The smallest absolute Gasteiger partial charge is 0.273 e. The number of aromatic nitrogens is 1. The van der Waals surface area contributed by atoms with E-state index in [2.05, 4.69) is 9.88 Å². The molecule has 2 aliphatic heterocycles. The molecule has 1 aromatic heterocycles. The van der Waals surface area contributed by atoms with Crippen LogP contribution in [0.5, 0.6) is 5.19 Å². The first-order valence-corrected chi connectivity index (χ1v) is 11.0. The van der Waals surface area contributed by atoms with E-state index in [0.29, 0.717) is 6.04 Å². The number of carbonyl (C=O) groups excluding carboxylic acids is 1. The Kier molecular flexibility index (Phi) is 6.39. The molecule has 2 saturated heterocycles. The third kappa shape index (κ3) is 5.00. The van der Waals surface area contributed by atoms with Crippen molar-refractivity contribution >= 4 is 23.3 Å². The Bertz CT molecular complexity index is 762. The summed E-state index contributed by atoms with van der Waals surface area (Å²) >= 11 is 1.56. The monoisotopic (exact) mass is 397 g/mol. The van der Waals surface area contributed by atoms with Crippen LogP contribution in [0.3, 0.4) is 0 Å². The Morgan fingerprint density at radius 2 is 1.82 bits per heavy atom. The molecule has 0 atom stereocenters. The summed E-state index contributed by atoms with van der Waals surface area (Å²) in [6.45, 7) is 3.83. The van der Waals surface area contributed by atoms with E-state index in [1.807, 2.05) is 46.7 Å². The van der Waals surface area contributed by atoms with Crippen LogP contribution in [0.2, 0.25) is 0 Å². The summed E-state index contributed by atoms with van der Waals surface area (Å²) in [5, 5.41) is 2.74. The van der Waals surface area contributed by atoms with E-state index in [9.17, 15) is 4.79 Å². The fourth-order valence-corrected chi connectivity index (χ4v) is 4.61. The maximum absolute atomic E-state index is 12.5. The van der Waals surface area contributed by atoms with Gasteiger partial charge in [0, 0.05) is 49.9 Å². The van der Waals surface area contributed by atoms with Gasteiger partial charge in [-0.2, -0.15) is 0 Å². The Balaban J connectivity index is 1.20. The first-order valence-electron chi connectivity index (χ1n) is 10.1. The number of ether oxygens (including phenoxy) is 1. The SMILES string of the molecule is O=C(/C=C/c1ccccc1)N1CCC(N2CCC(Oc3nccs3)CC2)CC1. The lowest BCUT2D eigenvalue weighted by molar-refractivity contribution is -0.127. The van der Waals surface area contributed by atoms with Crippen molar-refractivity contribution in [2.75, 3.05) is 26.2 Å². The number of piperidine rings is 2. The minimum absolute atomic E-state index is 0.123. The lowest BCUT2D eigenvalue weighted by atomic mass is 9.99. The minimum Gasteiger partial charge on any atom is -0.467 e. The standard InChI is InChI=1S/C22H27N3O2S/c26-21(7-6-18-4-2-1-3-5-18)25-13-8-19(9-14-25)24-15-10-20(11-16-24)27-22-23-12-17-28-22/h1-7,12,17,19-20H,8-11,13-16H2/b7-6+. The van der Waals surface area contributed by atoms with E-state index >= 15 is 0 Å². The van der Waals surface area contributed by atoms with Crippen LogP contribution in [0.25, 0.3) is 6.08 Å². The lowest BCUT2D eigenvalue weighted by Crippen LogP contribution is -2.49. The van der Waals surface area contributed by atoms with Crippen molar-refractivity contribution in [3.8, 4) is 5.19 Å². The number of nitrogens with zero attached hydrogens (tertiary/aromatic N) is 3. The third-order valence-corrected chi connectivity index (χ3v) is 6.33. The number of likely N-dealkylation sites (tertiary alicyclic amines) is 2. The molecule has 5 nitrogen and oxygen atoms in total. The number of hydrogen-bond donors (Lipinski definition) is 0. The summed E-state index contributed by atoms with van der Waals surface area (Å²) in [6.07, 6.45) is 9.91. The summed E-state index contributed by atoms with van der Waals surface area (Å²) < 4.78 is 5.96. The molecular weight excluding hydrogens is 370 g/mol. The summed E-state index contributed by atoms with van der Waals surface area (Å²) in [5.41, 5.74) is 1.06. The summed E-state index contributed by atoms with van der Waals surface area (Å²) in [6, 6.07) is 10.6. The number of carbonyl (C=O) groups is 1. The van der Waals surface area contributed by atoms with Crippen molar-refractivity contribution < 1.29 is 9.53 Å². The quantitative estimate of drug-likeness (QED) is 0.722. The van der Waals surface area contributed by atoms with Gasteiger partial charge in [-0.3, -0.25) is 9.69 Å². The molecule has 4 rings (SSSR count). The molecule has 3 heterocycles. The maximum atomic E-state index is 12.5. The van der Waals surface area contributed by atoms with Gasteiger partial charge in [0.05, 0.1) is 0 Å². The van der Waals surface area contributed by atoms with Crippen molar-refractivity contribution in [2.45, 2.75) is 37.8 Å². The van der Waals surface area contributed by atoms with E-state index in [4.69, 9.17) is 4.74 Å². The van der Waals surface area contributed by atoms with Crippen molar-refractivity contribution in [3.05, 3.63) is 53.5 Å². The van der Waals surface area contributed by atoms with Crippen LogP contribution >= 0.6 is 11.3 Å². The summed E-state index contributed by atoms with van der Waals surface area (Å²) in [7, 11) is 0. The number of amides is 1. The predicted octanol–water partition coefficient (Wildman–Crippen LogP) is 3.69. The highest BCUT2D eigenvalue weighted by molar-refractivity contribution is 7.11. The van der Waals surface area contributed by atoms with Crippen LogP contribution in [-0.2, 0) is 4.79 Å². The van der Waals surface area contributed by atoms with Crippen LogP contribution in [0, 0.1) is 0 Å². The van der Waals surface area contributed by atoms with Crippen molar-refractivity contribution in [2.24, 2.45) is 0 Å². The van der Waals surface area contributed by atoms with Gasteiger partial charge in [-0.25, -0.2) is 4.98 Å². The number of benzene rings is 1. The summed E-state index contributed by atoms with van der Waals surface area (Å²) in [4.78, 5) is 21.2. The molecule has 6 heteroatoms. The maximum Gasteiger partial charge on any atom is 0.273 e. The molecule has 28 heavy (non-hydrogen) atoms. The average molecular weight is 398 g/mol. The molecule has 2 aliphatic rings. The average Bonchev–Trinajstić information content (AvgIpc) is 3.26. The summed E-state index contributed by atoms with van der Waals surface area (Å²) in [5.74, 6) is 0.123. The molecule has 2 aromatic rings. The Labute approximate surface area is 170 Å². The van der Waals surface area contributed by atoms with Crippen molar-refractivity contribution in [1.82, 2.24) is 14.8 Å². The molecular formula is C22H27N3O2S. The molecule has 148 valence electrons. The molecule has 0 N–H and O–H groups in total. The number of thiazole rings is 1. The van der Waals surface area contributed by atoms with Gasteiger partial charge in [0.2, 0.25) is 5.91 Å². The minimum atomic E-state index is 0.123. The van der Waals surface area contributed by atoms with Crippen LogP contribution in [0.15, 0.2) is 48.0 Å². The molecule has 0 bridgehead atoms. The van der Waals surface area contributed by atoms with Gasteiger partial charge in [0.25, 0.3) is 5.19 Å². The fourth-order valence-electron chi connectivity index (χ4n) is 4.06. The van der Waals surface area contributed by atoms with Gasteiger partial charge >= 0.3 is 0 Å². The Hall–Kier alpha value is -2.18. The molecule has 0 radical (unpaired) electrons. The Morgan fingerprint density at radius 1 is 1.07 bits per heavy atom. The van der Waals surface area contributed by atoms with Crippen molar-refractivity contribution in [1.29, 1.82) is 0 Å². The predicted molar refractivity (Wildman–Crippen MR) is 112 cm³/mol. The van der Waals surface area contributed by atoms with Gasteiger partial charge < -0.3 is 9.64 Å². The highest BCUT2D eigenvalue weighted by atomic mass is 32.1. The van der Waals surface area contributed by atoms with E-state index in [1.165, 1.54) is 0 Å². The zero-order valence-electron chi connectivity index (χ0n) is 16.1. The molecule has 1 amide bonds. The fraction of sp³-hybridized carbons (Fsp3) is 0.455. The highest BCUT2D eigenvalue weighted by Crippen LogP contribution is 2.25. The molecule has 1 aromatic carbocycles. The Morgan fingerprint density at radius 3 is 2.50 bits per heavy atom. The van der Waals surface area contributed by atoms with E-state index in [0.717, 1.165) is 62.6 Å².